The molecule has 1 N–H and O–H groups in total. The van der Waals surface area contributed by atoms with Crippen LogP contribution in [-0.2, 0) is 14.3 Å². The van der Waals surface area contributed by atoms with Crippen molar-refractivity contribution in [3.63, 3.8) is 0 Å². The van der Waals surface area contributed by atoms with Gasteiger partial charge in [0.25, 0.3) is 0 Å². The molecule has 0 radical (unpaired) electrons. The zero-order valence-corrected chi connectivity index (χ0v) is 10.0. The van der Waals surface area contributed by atoms with Crippen molar-refractivity contribution in [1.82, 2.24) is 4.90 Å². The van der Waals surface area contributed by atoms with Gasteiger partial charge in [0.2, 0.25) is 5.91 Å². The Morgan fingerprint density at radius 3 is 2.69 bits per heavy atom. The third-order valence-electron chi connectivity index (χ3n) is 2.83. The molecule has 1 fully saturated rings. The van der Waals surface area contributed by atoms with Gasteiger partial charge in [0, 0.05) is 20.7 Å². The zero-order chi connectivity index (χ0) is 12.0. The SMILES string of the molecule is COCCOCC(=O)N(C)CC1CC(O)C1. The zero-order valence-electron chi connectivity index (χ0n) is 10.0. The average molecular weight is 231 g/mol. The van der Waals surface area contributed by atoms with Gasteiger partial charge in [-0.15, -0.1) is 0 Å². The number of rotatable bonds is 7. The normalized spacial score (nSPS) is 23.9. The molecule has 1 amide bonds. The van der Waals surface area contributed by atoms with Gasteiger partial charge in [0.1, 0.15) is 6.61 Å². The number of aliphatic hydroxyl groups excluding tert-OH is 1. The Morgan fingerprint density at radius 2 is 2.12 bits per heavy atom. The molecule has 0 aromatic heterocycles. The Kier molecular flexibility index (Phi) is 5.73. The van der Waals surface area contributed by atoms with Crippen molar-refractivity contribution >= 4 is 5.91 Å². The van der Waals surface area contributed by atoms with Gasteiger partial charge in [-0.1, -0.05) is 0 Å². The largest absolute Gasteiger partial charge is 0.393 e. The molecule has 94 valence electrons. The van der Waals surface area contributed by atoms with Crippen molar-refractivity contribution in [3.8, 4) is 0 Å². The van der Waals surface area contributed by atoms with Crippen molar-refractivity contribution < 1.29 is 19.4 Å². The Hall–Kier alpha value is -0.650. The van der Waals surface area contributed by atoms with Gasteiger partial charge in [0.05, 0.1) is 19.3 Å². The summed E-state index contributed by atoms with van der Waals surface area (Å²) in [5, 5.41) is 9.13. The summed E-state index contributed by atoms with van der Waals surface area (Å²) >= 11 is 0. The molecule has 0 saturated heterocycles. The molecule has 0 aromatic carbocycles. The molecule has 16 heavy (non-hydrogen) atoms. The number of amides is 1. The van der Waals surface area contributed by atoms with E-state index in [0.29, 0.717) is 25.7 Å². The smallest absolute Gasteiger partial charge is 0.248 e. The number of carbonyl (C=O) groups excluding carboxylic acids is 1. The maximum atomic E-state index is 11.6. The Balaban J connectivity index is 2.06. The van der Waals surface area contributed by atoms with Crippen molar-refractivity contribution in [2.24, 2.45) is 5.92 Å². The van der Waals surface area contributed by atoms with Gasteiger partial charge < -0.3 is 19.5 Å². The van der Waals surface area contributed by atoms with Crippen LogP contribution < -0.4 is 0 Å². The van der Waals surface area contributed by atoms with E-state index in [9.17, 15) is 4.79 Å². The van der Waals surface area contributed by atoms with Gasteiger partial charge in [0.15, 0.2) is 0 Å². The summed E-state index contributed by atoms with van der Waals surface area (Å²) in [7, 11) is 3.37. The van der Waals surface area contributed by atoms with Crippen LogP contribution in [0.4, 0.5) is 0 Å². The number of nitrogens with zero attached hydrogens (tertiary/aromatic N) is 1. The minimum Gasteiger partial charge on any atom is -0.393 e. The number of ether oxygens (including phenoxy) is 2. The molecular formula is C11H21NO4. The number of hydrogen-bond donors (Lipinski definition) is 1. The van der Waals surface area contributed by atoms with E-state index in [1.165, 1.54) is 0 Å². The lowest BCUT2D eigenvalue weighted by atomic mass is 9.82. The molecule has 0 spiro atoms. The molecular weight excluding hydrogens is 210 g/mol. The fourth-order valence-electron chi connectivity index (χ4n) is 1.75. The van der Waals surface area contributed by atoms with E-state index in [0.717, 1.165) is 12.8 Å². The van der Waals surface area contributed by atoms with Crippen molar-refractivity contribution in [2.75, 3.05) is 40.5 Å². The standard InChI is InChI=1S/C11H21NO4/c1-12(7-9-5-10(13)6-9)11(14)8-16-4-3-15-2/h9-10,13H,3-8H2,1-2H3. The topological polar surface area (TPSA) is 59.0 Å². The predicted octanol–water partition coefficient (Wildman–Crippen LogP) is -0.121. The molecule has 5 heteroatoms. The number of hydrogen-bond acceptors (Lipinski definition) is 4. The van der Waals surface area contributed by atoms with E-state index in [-0.39, 0.29) is 18.6 Å². The summed E-state index contributed by atoms with van der Waals surface area (Å²) in [4.78, 5) is 13.2. The first kappa shape index (κ1) is 13.4. The van der Waals surface area contributed by atoms with Gasteiger partial charge in [-0.3, -0.25) is 4.79 Å². The molecule has 0 aliphatic heterocycles. The molecule has 0 bridgehead atoms. The van der Waals surface area contributed by atoms with Crippen LogP contribution in [-0.4, -0.2) is 62.5 Å². The molecule has 0 atom stereocenters. The first-order valence-electron chi connectivity index (χ1n) is 5.62. The van der Waals surface area contributed by atoms with Crippen LogP contribution in [0.5, 0.6) is 0 Å². The van der Waals surface area contributed by atoms with Crippen molar-refractivity contribution in [3.05, 3.63) is 0 Å². The average Bonchev–Trinajstić information content (AvgIpc) is 2.21. The Labute approximate surface area is 96.3 Å². The summed E-state index contributed by atoms with van der Waals surface area (Å²) in [5.41, 5.74) is 0. The number of methoxy groups -OCH3 is 1. The van der Waals surface area contributed by atoms with E-state index in [1.807, 2.05) is 0 Å². The fraction of sp³-hybridized carbons (Fsp3) is 0.909. The van der Waals surface area contributed by atoms with Crippen LogP contribution in [0.25, 0.3) is 0 Å². The second-order valence-corrected chi connectivity index (χ2v) is 4.31. The highest BCUT2D eigenvalue weighted by Crippen LogP contribution is 2.27. The Bertz CT molecular complexity index is 216. The van der Waals surface area contributed by atoms with Crippen molar-refractivity contribution in [2.45, 2.75) is 18.9 Å². The first-order chi connectivity index (χ1) is 7.63. The molecule has 1 aliphatic rings. The highest BCUT2D eigenvalue weighted by Gasteiger charge is 2.28. The highest BCUT2D eigenvalue weighted by atomic mass is 16.5. The molecule has 1 saturated carbocycles. The number of carbonyl (C=O) groups is 1. The van der Waals surface area contributed by atoms with E-state index >= 15 is 0 Å². The van der Waals surface area contributed by atoms with Gasteiger partial charge >= 0.3 is 0 Å². The molecule has 0 unspecified atom stereocenters. The van der Waals surface area contributed by atoms with Crippen LogP contribution in [0.3, 0.4) is 0 Å². The lowest BCUT2D eigenvalue weighted by molar-refractivity contribution is -0.136. The van der Waals surface area contributed by atoms with Gasteiger partial charge in [-0.2, -0.15) is 0 Å². The summed E-state index contributed by atoms with van der Waals surface area (Å²) < 4.78 is 9.96. The van der Waals surface area contributed by atoms with E-state index in [1.54, 1.807) is 19.1 Å². The fourth-order valence-corrected chi connectivity index (χ4v) is 1.75. The minimum atomic E-state index is -0.161. The molecule has 1 rings (SSSR count). The second-order valence-electron chi connectivity index (χ2n) is 4.31. The van der Waals surface area contributed by atoms with Crippen LogP contribution in [0.1, 0.15) is 12.8 Å². The maximum Gasteiger partial charge on any atom is 0.248 e. The Morgan fingerprint density at radius 1 is 1.44 bits per heavy atom. The molecule has 5 nitrogen and oxygen atoms in total. The summed E-state index contributed by atoms with van der Waals surface area (Å²) in [6.45, 7) is 1.77. The van der Waals surface area contributed by atoms with Gasteiger partial charge in [-0.25, -0.2) is 0 Å². The molecule has 0 aromatic rings. The number of likely N-dealkylation sites (N-methyl/N-ethyl adjacent to an activating group) is 1. The maximum absolute atomic E-state index is 11.6. The molecule has 0 heterocycles. The summed E-state index contributed by atoms with van der Waals surface area (Å²) in [6, 6.07) is 0. The highest BCUT2D eigenvalue weighted by molar-refractivity contribution is 5.77. The van der Waals surface area contributed by atoms with E-state index in [4.69, 9.17) is 14.6 Å². The van der Waals surface area contributed by atoms with Crippen molar-refractivity contribution in [1.29, 1.82) is 0 Å². The number of aliphatic hydroxyl groups is 1. The first-order valence-corrected chi connectivity index (χ1v) is 5.62. The summed E-state index contributed by atoms with van der Waals surface area (Å²) in [5.74, 6) is 0.431. The van der Waals surface area contributed by atoms with Crippen LogP contribution in [0.15, 0.2) is 0 Å². The van der Waals surface area contributed by atoms with Crippen LogP contribution in [0, 0.1) is 5.92 Å². The quantitative estimate of drug-likeness (QED) is 0.621. The molecule has 1 aliphatic carbocycles. The third-order valence-corrected chi connectivity index (χ3v) is 2.83. The van der Waals surface area contributed by atoms with Crippen LogP contribution >= 0.6 is 0 Å². The van der Waals surface area contributed by atoms with Crippen LogP contribution in [0.2, 0.25) is 0 Å². The lowest BCUT2D eigenvalue weighted by Gasteiger charge is -2.34. The monoisotopic (exact) mass is 231 g/mol. The van der Waals surface area contributed by atoms with E-state index < -0.39 is 0 Å². The third kappa shape index (κ3) is 4.47. The lowest BCUT2D eigenvalue weighted by Crippen LogP contribution is -2.40. The van der Waals surface area contributed by atoms with Gasteiger partial charge in [-0.05, 0) is 18.8 Å². The second kappa shape index (κ2) is 6.83. The minimum absolute atomic E-state index is 0.0162. The van der Waals surface area contributed by atoms with E-state index in [2.05, 4.69) is 0 Å². The summed E-state index contributed by atoms with van der Waals surface area (Å²) in [6.07, 6.45) is 1.45. The predicted molar refractivity (Wildman–Crippen MR) is 59.1 cm³/mol.